The quantitative estimate of drug-likeness (QED) is 0.328. The molecule has 0 atom stereocenters. The predicted molar refractivity (Wildman–Crippen MR) is 130 cm³/mol. The van der Waals surface area contributed by atoms with Gasteiger partial charge in [-0.3, -0.25) is 4.99 Å². The van der Waals surface area contributed by atoms with Crippen LogP contribution in [0.15, 0.2) is 27.8 Å². The molecule has 0 spiro atoms. The molecule has 2 saturated carbocycles. The number of aliphatic imine (C=N–C) groups is 1. The number of halogens is 1. The molecule has 0 amide bonds. The Morgan fingerprint density at radius 2 is 1.59 bits per heavy atom. The summed E-state index contributed by atoms with van der Waals surface area (Å²) in [5.74, 6) is 2.04. The third-order valence-corrected chi connectivity index (χ3v) is 6.87. The minimum absolute atomic E-state index is 0. The maximum Gasteiger partial charge on any atom is 0.191 e. The maximum atomic E-state index is 5.45. The molecule has 0 unspecified atom stereocenters. The van der Waals surface area contributed by atoms with E-state index in [1.807, 2.05) is 12.1 Å². The lowest BCUT2D eigenvalue weighted by Gasteiger charge is -2.39. The van der Waals surface area contributed by atoms with E-state index >= 15 is 0 Å². The van der Waals surface area contributed by atoms with Crippen LogP contribution in [0.25, 0.3) is 0 Å². The van der Waals surface area contributed by atoms with Crippen molar-refractivity contribution in [1.82, 2.24) is 15.5 Å². The molecule has 3 fully saturated rings. The van der Waals surface area contributed by atoms with Gasteiger partial charge in [-0.1, -0.05) is 32.1 Å². The van der Waals surface area contributed by atoms with Crippen molar-refractivity contribution in [2.75, 3.05) is 19.6 Å². The zero-order valence-corrected chi connectivity index (χ0v) is 20.1. The largest absolute Gasteiger partial charge is 0.469 e. The van der Waals surface area contributed by atoms with Gasteiger partial charge in [0.05, 0.1) is 6.26 Å². The Labute approximate surface area is 193 Å². The topological polar surface area (TPSA) is 52.8 Å². The van der Waals surface area contributed by atoms with Gasteiger partial charge >= 0.3 is 0 Å². The molecule has 2 heterocycles. The van der Waals surface area contributed by atoms with E-state index in [4.69, 9.17) is 9.41 Å². The molecule has 0 radical (unpaired) electrons. The second kappa shape index (κ2) is 12.2. The first kappa shape index (κ1) is 22.9. The van der Waals surface area contributed by atoms with E-state index in [2.05, 4.69) is 15.5 Å². The number of hydrogen-bond acceptors (Lipinski definition) is 3. The van der Waals surface area contributed by atoms with Crippen LogP contribution in [0.1, 0.15) is 76.4 Å². The first-order valence-corrected chi connectivity index (χ1v) is 11.7. The summed E-state index contributed by atoms with van der Waals surface area (Å²) in [5, 5.41) is 7.48. The molecule has 3 aliphatic rings. The fourth-order valence-electron chi connectivity index (χ4n) is 5.18. The molecule has 1 saturated heterocycles. The molecule has 0 aromatic carbocycles. The van der Waals surface area contributed by atoms with E-state index in [0.29, 0.717) is 12.1 Å². The minimum atomic E-state index is 0. The normalized spacial score (nSPS) is 23.1. The molecule has 2 aliphatic carbocycles. The van der Waals surface area contributed by atoms with E-state index in [9.17, 15) is 0 Å². The summed E-state index contributed by atoms with van der Waals surface area (Å²) in [5.41, 5.74) is 0. The van der Waals surface area contributed by atoms with Gasteiger partial charge in [0.15, 0.2) is 5.96 Å². The van der Waals surface area contributed by atoms with E-state index in [-0.39, 0.29) is 24.0 Å². The Hall–Kier alpha value is -0.760. The Balaban J connectivity index is 0.00000240. The Bertz CT molecular complexity index is 586. The van der Waals surface area contributed by atoms with Gasteiger partial charge in [-0.2, -0.15) is 0 Å². The number of piperidine rings is 1. The van der Waals surface area contributed by atoms with Crippen LogP contribution in [0.2, 0.25) is 0 Å². The Kier molecular flexibility index (Phi) is 9.62. The number of hydrogen-bond donors (Lipinski definition) is 2. The molecular formula is C23H39IN4O. The average Bonchev–Trinajstić information content (AvgIpc) is 3.43. The molecule has 1 aromatic rings. The molecule has 164 valence electrons. The van der Waals surface area contributed by atoms with Crippen molar-refractivity contribution in [3.05, 3.63) is 24.2 Å². The van der Waals surface area contributed by atoms with E-state index in [0.717, 1.165) is 30.7 Å². The molecular weight excluding hydrogens is 475 g/mol. The van der Waals surface area contributed by atoms with Gasteiger partial charge in [-0.25, -0.2) is 0 Å². The fraction of sp³-hybridized carbons (Fsp3) is 0.783. The number of nitrogens with zero attached hydrogens (tertiary/aromatic N) is 2. The Morgan fingerprint density at radius 3 is 2.24 bits per heavy atom. The highest BCUT2D eigenvalue weighted by atomic mass is 127. The van der Waals surface area contributed by atoms with Crippen molar-refractivity contribution >= 4 is 29.9 Å². The monoisotopic (exact) mass is 514 g/mol. The molecule has 1 aliphatic heterocycles. The second-order valence-corrected chi connectivity index (χ2v) is 8.93. The molecule has 2 N–H and O–H groups in total. The lowest BCUT2D eigenvalue weighted by Crippen LogP contribution is -2.52. The van der Waals surface area contributed by atoms with Crippen molar-refractivity contribution in [3.63, 3.8) is 0 Å². The van der Waals surface area contributed by atoms with Gasteiger partial charge in [0.25, 0.3) is 0 Å². The highest BCUT2D eigenvalue weighted by Gasteiger charge is 2.27. The Morgan fingerprint density at radius 1 is 0.931 bits per heavy atom. The molecule has 1 aromatic heterocycles. The summed E-state index contributed by atoms with van der Waals surface area (Å²) in [6, 6.07) is 5.99. The molecule has 5 nitrogen and oxygen atoms in total. The van der Waals surface area contributed by atoms with Crippen LogP contribution in [0, 0.1) is 0 Å². The summed E-state index contributed by atoms with van der Waals surface area (Å²) < 4.78 is 5.45. The third-order valence-electron chi connectivity index (χ3n) is 6.87. The van der Waals surface area contributed by atoms with E-state index in [1.165, 1.54) is 83.7 Å². The van der Waals surface area contributed by atoms with Crippen LogP contribution in [0.3, 0.4) is 0 Å². The SMILES string of the molecule is I.c1coc(CCN=C(NC2CCCC2)NC2CCN(C3CCCCC3)CC2)c1. The summed E-state index contributed by atoms with van der Waals surface area (Å²) in [7, 11) is 0. The van der Waals surface area contributed by atoms with Crippen molar-refractivity contribution < 1.29 is 4.42 Å². The summed E-state index contributed by atoms with van der Waals surface area (Å²) in [6.07, 6.45) is 17.5. The summed E-state index contributed by atoms with van der Waals surface area (Å²) >= 11 is 0. The van der Waals surface area contributed by atoms with Gasteiger partial charge in [0, 0.05) is 44.2 Å². The van der Waals surface area contributed by atoms with Crippen LogP contribution in [-0.2, 0) is 6.42 Å². The first-order chi connectivity index (χ1) is 13.9. The number of nitrogens with one attached hydrogen (secondary N) is 2. The highest BCUT2D eigenvalue weighted by molar-refractivity contribution is 14.0. The van der Waals surface area contributed by atoms with E-state index < -0.39 is 0 Å². The van der Waals surface area contributed by atoms with Crippen LogP contribution >= 0.6 is 24.0 Å². The first-order valence-electron chi connectivity index (χ1n) is 11.7. The number of likely N-dealkylation sites (tertiary alicyclic amines) is 1. The van der Waals surface area contributed by atoms with Crippen molar-refractivity contribution in [2.24, 2.45) is 4.99 Å². The maximum absolute atomic E-state index is 5.45. The molecule has 0 bridgehead atoms. The zero-order valence-electron chi connectivity index (χ0n) is 17.8. The predicted octanol–water partition coefficient (Wildman–Crippen LogP) is 4.72. The van der Waals surface area contributed by atoms with Crippen molar-refractivity contribution in [1.29, 1.82) is 0 Å². The van der Waals surface area contributed by atoms with Crippen molar-refractivity contribution in [2.45, 2.75) is 95.2 Å². The van der Waals surface area contributed by atoms with E-state index in [1.54, 1.807) is 6.26 Å². The third kappa shape index (κ3) is 7.16. The fourth-order valence-corrected chi connectivity index (χ4v) is 5.18. The van der Waals surface area contributed by atoms with Gasteiger partial charge < -0.3 is 20.0 Å². The number of rotatable bonds is 6. The number of furan rings is 1. The minimum Gasteiger partial charge on any atom is -0.469 e. The van der Waals surface area contributed by atoms with Crippen LogP contribution in [-0.4, -0.2) is 48.6 Å². The summed E-state index contributed by atoms with van der Waals surface area (Å²) in [6.45, 7) is 3.26. The average molecular weight is 514 g/mol. The van der Waals surface area contributed by atoms with Gasteiger partial charge in [0.2, 0.25) is 0 Å². The molecule has 4 rings (SSSR count). The van der Waals surface area contributed by atoms with Crippen LogP contribution in [0.5, 0.6) is 0 Å². The van der Waals surface area contributed by atoms with Crippen LogP contribution in [0.4, 0.5) is 0 Å². The van der Waals surface area contributed by atoms with Crippen LogP contribution < -0.4 is 10.6 Å². The van der Waals surface area contributed by atoms with Gasteiger partial charge in [0.1, 0.15) is 5.76 Å². The van der Waals surface area contributed by atoms with Gasteiger partial charge in [-0.05, 0) is 50.7 Å². The number of guanidine groups is 1. The summed E-state index contributed by atoms with van der Waals surface area (Å²) in [4.78, 5) is 7.65. The van der Waals surface area contributed by atoms with Crippen molar-refractivity contribution in [3.8, 4) is 0 Å². The lowest BCUT2D eigenvalue weighted by atomic mass is 9.92. The second-order valence-electron chi connectivity index (χ2n) is 8.93. The lowest BCUT2D eigenvalue weighted by molar-refractivity contribution is 0.119. The molecule has 29 heavy (non-hydrogen) atoms. The van der Waals surface area contributed by atoms with Gasteiger partial charge in [-0.15, -0.1) is 24.0 Å². The smallest absolute Gasteiger partial charge is 0.191 e. The standard InChI is InChI=1S/C23H38N4O.HI/c1-2-9-21(10-3-1)27-16-13-20(14-17-27)26-23(25-19-7-4-5-8-19)24-15-12-22-11-6-18-28-22;/h6,11,18-21H,1-5,7-10,12-17H2,(H2,24,25,26);1H. The molecule has 6 heteroatoms. The highest BCUT2D eigenvalue weighted by Crippen LogP contribution is 2.25. The zero-order chi connectivity index (χ0) is 19.0.